The first kappa shape index (κ1) is 15.4. The molecular weight excluding hydrogens is 307 g/mol. The summed E-state index contributed by atoms with van der Waals surface area (Å²) in [5.74, 6) is 0.504. The van der Waals surface area contributed by atoms with Crippen molar-refractivity contribution in [2.75, 3.05) is 12.4 Å². The van der Waals surface area contributed by atoms with E-state index in [4.69, 9.17) is 16.3 Å². The van der Waals surface area contributed by atoms with Crippen LogP contribution >= 0.6 is 11.6 Å². The van der Waals surface area contributed by atoms with E-state index >= 15 is 0 Å². The Morgan fingerprint density at radius 1 is 1.29 bits per heavy atom. The molecular formula is C13H11ClF3N3O. The number of rotatable bonds is 4. The lowest BCUT2D eigenvalue weighted by atomic mass is 10.2. The van der Waals surface area contributed by atoms with Gasteiger partial charge in [-0.1, -0.05) is 17.7 Å². The van der Waals surface area contributed by atoms with E-state index < -0.39 is 11.7 Å². The third kappa shape index (κ3) is 4.22. The molecule has 21 heavy (non-hydrogen) atoms. The zero-order valence-corrected chi connectivity index (χ0v) is 11.7. The van der Waals surface area contributed by atoms with E-state index in [-0.39, 0.29) is 17.5 Å². The molecule has 8 heteroatoms. The van der Waals surface area contributed by atoms with Crippen molar-refractivity contribution in [1.29, 1.82) is 0 Å². The van der Waals surface area contributed by atoms with Gasteiger partial charge in [-0.2, -0.15) is 13.2 Å². The van der Waals surface area contributed by atoms with Crippen molar-refractivity contribution in [1.82, 2.24) is 9.97 Å². The lowest BCUT2D eigenvalue weighted by molar-refractivity contribution is -0.137. The Bertz CT molecular complexity index is 617. The van der Waals surface area contributed by atoms with Crippen LogP contribution in [0.4, 0.5) is 19.0 Å². The Morgan fingerprint density at radius 3 is 2.62 bits per heavy atom. The molecule has 112 valence electrons. The Morgan fingerprint density at radius 2 is 2.05 bits per heavy atom. The maximum absolute atomic E-state index is 12.7. The number of alkyl halides is 3. The third-order valence-corrected chi connectivity index (χ3v) is 2.80. The lowest BCUT2D eigenvalue weighted by Crippen LogP contribution is -2.08. The van der Waals surface area contributed by atoms with Gasteiger partial charge in [0.05, 0.1) is 12.7 Å². The van der Waals surface area contributed by atoms with Crippen LogP contribution in [0.2, 0.25) is 5.15 Å². The molecule has 2 aromatic rings. The van der Waals surface area contributed by atoms with E-state index in [0.29, 0.717) is 5.88 Å². The quantitative estimate of drug-likeness (QED) is 0.872. The minimum absolute atomic E-state index is 0.0469. The van der Waals surface area contributed by atoms with Gasteiger partial charge in [0.25, 0.3) is 0 Å². The molecule has 0 bridgehead atoms. The molecule has 0 atom stereocenters. The van der Waals surface area contributed by atoms with Crippen molar-refractivity contribution >= 4 is 17.4 Å². The molecule has 0 amide bonds. The molecule has 0 fully saturated rings. The molecule has 0 aliphatic rings. The van der Waals surface area contributed by atoms with Crippen molar-refractivity contribution in [2.24, 2.45) is 0 Å². The van der Waals surface area contributed by atoms with E-state index in [0.717, 1.165) is 17.7 Å². The SMILES string of the molecule is COc1ccc(CNc2cc(C(F)(F)F)cc(Cl)n2)cn1. The van der Waals surface area contributed by atoms with E-state index in [2.05, 4.69) is 15.3 Å². The maximum Gasteiger partial charge on any atom is 0.416 e. The van der Waals surface area contributed by atoms with Gasteiger partial charge in [-0.25, -0.2) is 9.97 Å². The molecule has 0 aromatic carbocycles. The highest BCUT2D eigenvalue weighted by atomic mass is 35.5. The first-order valence-corrected chi connectivity index (χ1v) is 6.24. The number of halogens is 4. The normalized spacial score (nSPS) is 11.3. The fourth-order valence-electron chi connectivity index (χ4n) is 1.58. The average Bonchev–Trinajstić information content (AvgIpc) is 2.44. The summed E-state index contributed by atoms with van der Waals surface area (Å²) >= 11 is 5.60. The topological polar surface area (TPSA) is 47.0 Å². The summed E-state index contributed by atoms with van der Waals surface area (Å²) in [6.45, 7) is 0.266. The van der Waals surface area contributed by atoms with Crippen molar-refractivity contribution in [3.05, 3.63) is 46.7 Å². The molecule has 0 spiro atoms. The number of hydrogen-bond acceptors (Lipinski definition) is 4. The summed E-state index contributed by atoms with van der Waals surface area (Å²) in [7, 11) is 1.49. The summed E-state index contributed by atoms with van der Waals surface area (Å²) in [6.07, 6.45) is -2.91. The van der Waals surface area contributed by atoms with E-state index in [1.165, 1.54) is 7.11 Å². The molecule has 4 nitrogen and oxygen atoms in total. The van der Waals surface area contributed by atoms with Gasteiger partial charge in [-0.05, 0) is 17.7 Å². The second kappa shape index (κ2) is 6.17. The summed E-state index contributed by atoms with van der Waals surface area (Å²) in [5, 5.41) is 2.55. The van der Waals surface area contributed by atoms with Crippen molar-refractivity contribution in [2.45, 2.75) is 12.7 Å². The second-order valence-corrected chi connectivity index (χ2v) is 4.51. The Kier molecular flexibility index (Phi) is 4.52. The molecule has 2 aromatic heterocycles. The number of hydrogen-bond donors (Lipinski definition) is 1. The van der Waals surface area contributed by atoms with Crippen LogP contribution in [0.15, 0.2) is 30.5 Å². The number of aromatic nitrogens is 2. The summed E-state index contributed by atoms with van der Waals surface area (Å²) in [4.78, 5) is 7.80. The molecule has 0 radical (unpaired) electrons. The zero-order chi connectivity index (χ0) is 15.5. The Balaban J connectivity index is 2.10. The molecule has 0 saturated carbocycles. The lowest BCUT2D eigenvalue weighted by Gasteiger charge is -2.11. The number of nitrogens with zero attached hydrogens (tertiary/aromatic N) is 2. The van der Waals surface area contributed by atoms with Gasteiger partial charge in [0.15, 0.2) is 0 Å². The van der Waals surface area contributed by atoms with Crippen LogP contribution in [0.25, 0.3) is 0 Å². The van der Waals surface area contributed by atoms with Gasteiger partial charge >= 0.3 is 6.18 Å². The average molecular weight is 318 g/mol. The van der Waals surface area contributed by atoms with Crippen LogP contribution < -0.4 is 10.1 Å². The van der Waals surface area contributed by atoms with Crippen LogP contribution in [0.3, 0.4) is 0 Å². The first-order chi connectivity index (χ1) is 9.88. The second-order valence-electron chi connectivity index (χ2n) is 4.12. The van der Waals surface area contributed by atoms with Gasteiger partial charge in [0, 0.05) is 18.8 Å². The number of nitrogens with one attached hydrogen (secondary N) is 1. The standard InChI is InChI=1S/C13H11ClF3N3O/c1-21-12-3-2-8(7-19-12)6-18-11-5-9(13(15,16)17)4-10(14)20-11/h2-5,7H,6H2,1H3,(H,18,20). The molecule has 0 unspecified atom stereocenters. The molecule has 0 saturated heterocycles. The zero-order valence-electron chi connectivity index (χ0n) is 10.9. The van der Waals surface area contributed by atoms with E-state index in [1.54, 1.807) is 18.3 Å². The highest BCUT2D eigenvalue weighted by Gasteiger charge is 2.31. The van der Waals surface area contributed by atoms with Crippen LogP contribution in [0.5, 0.6) is 5.88 Å². The van der Waals surface area contributed by atoms with Crippen molar-refractivity contribution in [3.63, 3.8) is 0 Å². The number of anilines is 1. The fraction of sp³-hybridized carbons (Fsp3) is 0.231. The predicted molar refractivity (Wildman–Crippen MR) is 72.4 cm³/mol. The van der Waals surface area contributed by atoms with Gasteiger partial charge in [-0.3, -0.25) is 0 Å². The third-order valence-electron chi connectivity index (χ3n) is 2.60. The highest BCUT2D eigenvalue weighted by molar-refractivity contribution is 6.29. The van der Waals surface area contributed by atoms with Gasteiger partial charge in [0.2, 0.25) is 5.88 Å². The molecule has 0 aliphatic heterocycles. The smallest absolute Gasteiger partial charge is 0.416 e. The molecule has 2 heterocycles. The molecule has 0 aliphatic carbocycles. The minimum atomic E-state index is -4.47. The predicted octanol–water partition coefficient (Wildman–Crippen LogP) is 3.77. The van der Waals surface area contributed by atoms with Crippen LogP contribution in [0, 0.1) is 0 Å². The number of ether oxygens (including phenoxy) is 1. The highest BCUT2D eigenvalue weighted by Crippen LogP contribution is 2.32. The summed E-state index contributed by atoms with van der Waals surface area (Å²) in [5.41, 5.74) is -0.0796. The van der Waals surface area contributed by atoms with Crippen LogP contribution in [-0.4, -0.2) is 17.1 Å². The van der Waals surface area contributed by atoms with Crippen LogP contribution in [0.1, 0.15) is 11.1 Å². The molecule has 1 N–H and O–H groups in total. The number of methoxy groups -OCH3 is 1. The van der Waals surface area contributed by atoms with Crippen molar-refractivity contribution in [3.8, 4) is 5.88 Å². The fourth-order valence-corrected chi connectivity index (χ4v) is 1.79. The van der Waals surface area contributed by atoms with Gasteiger partial charge in [0.1, 0.15) is 11.0 Å². The largest absolute Gasteiger partial charge is 0.481 e. The van der Waals surface area contributed by atoms with Gasteiger partial charge in [-0.15, -0.1) is 0 Å². The summed E-state index contributed by atoms with van der Waals surface area (Å²) in [6, 6.07) is 5.09. The summed E-state index contributed by atoms with van der Waals surface area (Å²) < 4.78 is 42.9. The monoisotopic (exact) mass is 317 g/mol. The maximum atomic E-state index is 12.7. The number of pyridine rings is 2. The Labute approximate surface area is 123 Å². The Hall–Kier alpha value is -2.02. The van der Waals surface area contributed by atoms with Gasteiger partial charge < -0.3 is 10.1 Å². The van der Waals surface area contributed by atoms with E-state index in [1.807, 2.05) is 0 Å². The van der Waals surface area contributed by atoms with Crippen LogP contribution in [-0.2, 0) is 12.7 Å². The first-order valence-electron chi connectivity index (χ1n) is 5.86. The van der Waals surface area contributed by atoms with E-state index in [9.17, 15) is 13.2 Å². The minimum Gasteiger partial charge on any atom is -0.481 e. The van der Waals surface area contributed by atoms with Crippen molar-refractivity contribution < 1.29 is 17.9 Å². The molecule has 2 rings (SSSR count).